The average Bonchev–Trinajstić information content (AvgIpc) is 2.76. The van der Waals surface area contributed by atoms with Crippen LogP contribution in [0.2, 0.25) is 10.0 Å². The van der Waals surface area contributed by atoms with Gasteiger partial charge in [-0.1, -0.05) is 53.2 Å². The molecule has 3 aromatic rings. The maximum atomic E-state index is 13.1. The molecule has 0 unspecified atom stereocenters. The van der Waals surface area contributed by atoms with Crippen LogP contribution in [0.15, 0.2) is 46.3 Å². The van der Waals surface area contributed by atoms with Gasteiger partial charge in [-0.3, -0.25) is 14.2 Å². The Balaban J connectivity index is 1.79. The van der Waals surface area contributed by atoms with Gasteiger partial charge in [0.25, 0.3) is 5.56 Å². The van der Waals surface area contributed by atoms with Crippen LogP contribution in [0.4, 0.5) is 5.69 Å². The Morgan fingerprint density at radius 2 is 1.97 bits per heavy atom. The zero-order chi connectivity index (χ0) is 23.3. The SMILES string of the molecule is Cc1ccc(Cl)c(NC(=O)CSc2nc3ccccc3c(=O)n2CCCOC(C)C)c1Cl. The van der Waals surface area contributed by atoms with Crippen LogP contribution in [0.25, 0.3) is 10.9 Å². The first kappa shape index (κ1) is 24.6. The molecule has 1 N–H and O–H groups in total. The number of anilines is 1. The second-order valence-electron chi connectivity index (χ2n) is 7.53. The van der Waals surface area contributed by atoms with Crippen molar-refractivity contribution in [3.63, 3.8) is 0 Å². The Kier molecular flexibility index (Phi) is 8.59. The molecule has 0 spiro atoms. The number of benzene rings is 2. The fourth-order valence-corrected chi connectivity index (χ4v) is 4.36. The van der Waals surface area contributed by atoms with Crippen LogP contribution in [0.3, 0.4) is 0 Å². The van der Waals surface area contributed by atoms with Crippen molar-refractivity contribution in [1.29, 1.82) is 0 Å². The van der Waals surface area contributed by atoms with Crippen molar-refractivity contribution in [1.82, 2.24) is 9.55 Å². The number of ether oxygens (including phenoxy) is 1. The lowest BCUT2D eigenvalue weighted by molar-refractivity contribution is -0.113. The van der Waals surface area contributed by atoms with Gasteiger partial charge < -0.3 is 10.1 Å². The van der Waals surface area contributed by atoms with E-state index in [1.807, 2.05) is 32.9 Å². The van der Waals surface area contributed by atoms with E-state index in [2.05, 4.69) is 10.3 Å². The number of carbonyl (C=O) groups excluding carboxylic acids is 1. The van der Waals surface area contributed by atoms with Crippen LogP contribution < -0.4 is 10.9 Å². The fourth-order valence-electron chi connectivity index (χ4n) is 3.07. The van der Waals surface area contributed by atoms with Gasteiger partial charge in [0.05, 0.1) is 38.5 Å². The van der Waals surface area contributed by atoms with Gasteiger partial charge in [-0.15, -0.1) is 0 Å². The van der Waals surface area contributed by atoms with Crippen molar-refractivity contribution in [2.45, 2.75) is 45.0 Å². The number of fused-ring (bicyclic) bond motifs is 1. The van der Waals surface area contributed by atoms with E-state index in [4.69, 9.17) is 27.9 Å². The van der Waals surface area contributed by atoms with E-state index in [1.54, 1.807) is 28.8 Å². The Bertz CT molecular complexity index is 1180. The van der Waals surface area contributed by atoms with E-state index in [0.717, 1.165) is 5.56 Å². The molecule has 0 aliphatic rings. The van der Waals surface area contributed by atoms with Gasteiger partial charge in [0.1, 0.15) is 0 Å². The molecule has 32 heavy (non-hydrogen) atoms. The summed E-state index contributed by atoms with van der Waals surface area (Å²) >= 11 is 13.7. The van der Waals surface area contributed by atoms with E-state index in [9.17, 15) is 9.59 Å². The van der Waals surface area contributed by atoms with Crippen molar-refractivity contribution in [3.8, 4) is 0 Å². The third-order valence-corrected chi connectivity index (χ3v) is 6.46. The van der Waals surface area contributed by atoms with Crippen molar-refractivity contribution in [2.75, 3.05) is 17.7 Å². The average molecular weight is 494 g/mol. The number of amides is 1. The number of carbonyl (C=O) groups is 1. The lowest BCUT2D eigenvalue weighted by Gasteiger charge is -2.14. The first-order valence-corrected chi connectivity index (χ1v) is 12.0. The van der Waals surface area contributed by atoms with Crippen molar-refractivity contribution >= 4 is 57.5 Å². The third kappa shape index (κ3) is 6.04. The summed E-state index contributed by atoms with van der Waals surface area (Å²) in [6.07, 6.45) is 0.783. The minimum absolute atomic E-state index is 0.0495. The molecule has 0 bridgehead atoms. The van der Waals surface area contributed by atoms with E-state index in [-0.39, 0.29) is 23.3 Å². The summed E-state index contributed by atoms with van der Waals surface area (Å²) in [4.78, 5) is 30.3. The van der Waals surface area contributed by atoms with Crippen LogP contribution in [-0.2, 0) is 16.1 Å². The number of para-hydroxylation sites is 1. The van der Waals surface area contributed by atoms with Gasteiger partial charge in [0.15, 0.2) is 5.16 Å². The van der Waals surface area contributed by atoms with Crippen LogP contribution >= 0.6 is 35.0 Å². The zero-order valence-electron chi connectivity index (χ0n) is 18.2. The van der Waals surface area contributed by atoms with Crippen LogP contribution in [0, 0.1) is 6.92 Å². The Morgan fingerprint density at radius 1 is 1.22 bits per heavy atom. The van der Waals surface area contributed by atoms with E-state index in [0.29, 0.717) is 51.4 Å². The molecular formula is C23H25Cl2N3O3S. The van der Waals surface area contributed by atoms with Gasteiger partial charge in [-0.05, 0) is 51.0 Å². The number of hydrogen-bond acceptors (Lipinski definition) is 5. The summed E-state index contributed by atoms with van der Waals surface area (Å²) in [5.41, 5.74) is 1.66. The maximum absolute atomic E-state index is 13.1. The Hall–Kier alpha value is -2.06. The molecule has 0 radical (unpaired) electrons. The molecule has 6 nitrogen and oxygen atoms in total. The number of nitrogens with zero attached hydrogens (tertiary/aromatic N) is 2. The van der Waals surface area contributed by atoms with E-state index >= 15 is 0 Å². The summed E-state index contributed by atoms with van der Waals surface area (Å²) in [5, 5.41) is 4.56. The second-order valence-corrected chi connectivity index (χ2v) is 9.26. The number of thioether (sulfide) groups is 1. The first-order chi connectivity index (χ1) is 15.3. The smallest absolute Gasteiger partial charge is 0.262 e. The molecule has 0 aliphatic carbocycles. The monoisotopic (exact) mass is 493 g/mol. The molecule has 3 rings (SSSR count). The summed E-state index contributed by atoms with van der Waals surface area (Å²) in [7, 11) is 0. The number of hydrogen-bond donors (Lipinski definition) is 1. The highest BCUT2D eigenvalue weighted by molar-refractivity contribution is 7.99. The molecule has 170 valence electrons. The summed E-state index contributed by atoms with van der Waals surface area (Å²) < 4.78 is 7.20. The normalized spacial score (nSPS) is 11.3. The minimum Gasteiger partial charge on any atom is -0.379 e. The molecular weight excluding hydrogens is 469 g/mol. The minimum atomic E-state index is -0.290. The van der Waals surface area contributed by atoms with Gasteiger partial charge in [0.2, 0.25) is 5.91 Å². The molecule has 1 amide bonds. The predicted molar refractivity (Wildman–Crippen MR) is 132 cm³/mol. The molecule has 0 atom stereocenters. The molecule has 0 saturated heterocycles. The summed E-state index contributed by atoms with van der Waals surface area (Å²) in [6.45, 7) is 6.76. The van der Waals surface area contributed by atoms with Crippen LogP contribution in [0.1, 0.15) is 25.8 Å². The van der Waals surface area contributed by atoms with Crippen LogP contribution in [-0.4, -0.2) is 33.9 Å². The third-order valence-electron chi connectivity index (χ3n) is 4.68. The predicted octanol–water partition coefficient (Wildman–Crippen LogP) is 5.56. The Labute approximate surface area is 201 Å². The number of rotatable bonds is 9. The molecule has 2 aromatic carbocycles. The lowest BCUT2D eigenvalue weighted by Crippen LogP contribution is -2.25. The topological polar surface area (TPSA) is 73.2 Å². The standard InChI is InChI=1S/C23H25Cl2N3O3S/c1-14(2)31-12-6-11-28-22(30)16-7-4-5-8-18(16)26-23(28)32-13-19(29)27-21-17(24)10-9-15(3)20(21)25/h4-5,7-10,14H,6,11-13H2,1-3H3,(H,27,29). The number of aryl methyl sites for hydroxylation is 1. The summed E-state index contributed by atoms with van der Waals surface area (Å²) in [5.74, 6) is -0.241. The molecule has 0 saturated carbocycles. The quantitative estimate of drug-likeness (QED) is 0.240. The maximum Gasteiger partial charge on any atom is 0.262 e. The van der Waals surface area contributed by atoms with E-state index in [1.165, 1.54) is 11.8 Å². The second kappa shape index (κ2) is 11.2. The highest BCUT2D eigenvalue weighted by Crippen LogP contribution is 2.33. The molecule has 1 aromatic heterocycles. The van der Waals surface area contributed by atoms with Crippen LogP contribution in [0.5, 0.6) is 0 Å². The van der Waals surface area contributed by atoms with Gasteiger partial charge >= 0.3 is 0 Å². The highest BCUT2D eigenvalue weighted by atomic mass is 35.5. The lowest BCUT2D eigenvalue weighted by atomic mass is 10.2. The molecule has 0 aliphatic heterocycles. The van der Waals surface area contributed by atoms with Gasteiger partial charge in [-0.25, -0.2) is 4.98 Å². The van der Waals surface area contributed by atoms with E-state index < -0.39 is 0 Å². The van der Waals surface area contributed by atoms with Crippen molar-refractivity contribution in [3.05, 3.63) is 62.4 Å². The largest absolute Gasteiger partial charge is 0.379 e. The first-order valence-electron chi connectivity index (χ1n) is 10.3. The number of halogens is 2. The fraction of sp³-hybridized carbons (Fsp3) is 0.348. The van der Waals surface area contributed by atoms with Crippen molar-refractivity contribution < 1.29 is 9.53 Å². The van der Waals surface area contributed by atoms with Gasteiger partial charge in [0, 0.05) is 13.2 Å². The number of aromatic nitrogens is 2. The number of nitrogens with one attached hydrogen (secondary N) is 1. The highest BCUT2D eigenvalue weighted by Gasteiger charge is 2.16. The van der Waals surface area contributed by atoms with Crippen molar-refractivity contribution in [2.24, 2.45) is 0 Å². The molecule has 0 fully saturated rings. The zero-order valence-corrected chi connectivity index (χ0v) is 20.5. The molecule has 9 heteroatoms. The van der Waals surface area contributed by atoms with Gasteiger partial charge in [-0.2, -0.15) is 0 Å². The summed E-state index contributed by atoms with van der Waals surface area (Å²) in [6, 6.07) is 10.7. The Morgan fingerprint density at radius 3 is 2.72 bits per heavy atom. The molecule has 1 heterocycles.